The van der Waals surface area contributed by atoms with Gasteiger partial charge in [0.15, 0.2) is 19.7 Å². The Bertz CT molecular complexity index is 2370. The molecule has 0 aliphatic carbocycles. The van der Waals surface area contributed by atoms with Crippen molar-refractivity contribution >= 4 is 29.7 Å². The van der Waals surface area contributed by atoms with E-state index >= 15 is 0 Å². The van der Waals surface area contributed by atoms with Crippen LogP contribution in [0.5, 0.6) is 0 Å². The van der Waals surface area contributed by atoms with Crippen LogP contribution in [0.15, 0.2) is 109 Å². The highest BCUT2D eigenvalue weighted by atomic mass is 32.2. The first-order chi connectivity index (χ1) is 21.4. The van der Waals surface area contributed by atoms with Gasteiger partial charge in [0.1, 0.15) is 9.79 Å². The summed E-state index contributed by atoms with van der Waals surface area (Å²) in [4.78, 5) is 23.7. The Labute approximate surface area is 266 Å². The fourth-order valence-corrected chi connectivity index (χ4v) is 8.01. The molecule has 0 fully saturated rings. The molecular weight excluding hydrogens is 653 g/mol. The van der Waals surface area contributed by atoms with Crippen LogP contribution in [0.1, 0.15) is 17.0 Å². The van der Waals surface area contributed by atoms with Gasteiger partial charge in [-0.05, 0) is 44.0 Å². The molecule has 0 saturated heterocycles. The Kier molecular flexibility index (Phi) is 9.61. The number of hydrogen-bond acceptors (Lipinski definition) is 10. The van der Waals surface area contributed by atoms with Crippen molar-refractivity contribution in [3.8, 4) is 22.3 Å². The number of aromatic nitrogens is 4. The molecule has 0 saturated carbocycles. The summed E-state index contributed by atoms with van der Waals surface area (Å²) in [5, 5.41) is 9.97. The molecule has 240 valence electrons. The molecule has 0 bridgehead atoms. The molecule has 0 atom stereocenters. The molecule has 0 spiro atoms. The van der Waals surface area contributed by atoms with Crippen molar-refractivity contribution in [1.29, 1.82) is 0 Å². The number of benzene rings is 3. The van der Waals surface area contributed by atoms with Crippen LogP contribution < -0.4 is 11.1 Å². The molecule has 3 aromatic carbocycles. The molecule has 0 unspecified atom stereocenters. The predicted octanol–water partition coefficient (Wildman–Crippen LogP) is 3.32. The average Bonchev–Trinajstić information content (AvgIpc) is 2.99. The van der Waals surface area contributed by atoms with Gasteiger partial charge in [-0.15, -0.1) is 4.09 Å². The maximum absolute atomic E-state index is 13.0. The zero-order chi connectivity index (χ0) is 34.0. The van der Waals surface area contributed by atoms with E-state index in [4.69, 9.17) is 0 Å². The first-order valence-corrected chi connectivity index (χ1v) is 18.7. The lowest BCUT2D eigenvalue weighted by atomic mass is 10.1. The third kappa shape index (κ3) is 7.06. The van der Waals surface area contributed by atoms with E-state index in [1.807, 2.05) is 6.07 Å². The molecule has 1 N–H and O–H groups in total. The molecule has 0 amide bonds. The highest BCUT2D eigenvalue weighted by Gasteiger charge is 2.29. The molecule has 15 heteroatoms. The Balaban J connectivity index is 0.000000230. The summed E-state index contributed by atoms with van der Waals surface area (Å²) in [5.74, 6) is 0. The van der Waals surface area contributed by atoms with Crippen molar-refractivity contribution in [2.24, 2.45) is 0 Å². The fourth-order valence-electron chi connectivity index (χ4n) is 4.67. The molecule has 2 heterocycles. The lowest BCUT2D eigenvalue weighted by Gasteiger charge is -2.14. The second-order valence-electron chi connectivity index (χ2n) is 10.4. The van der Waals surface area contributed by atoms with Crippen molar-refractivity contribution < 1.29 is 25.3 Å². The number of rotatable bonds is 6. The molecule has 46 heavy (non-hydrogen) atoms. The summed E-state index contributed by atoms with van der Waals surface area (Å²) in [5.41, 5.74) is 1.12. The van der Waals surface area contributed by atoms with E-state index in [-0.39, 0.29) is 25.1 Å². The van der Waals surface area contributed by atoms with E-state index in [9.17, 15) is 34.8 Å². The summed E-state index contributed by atoms with van der Waals surface area (Å²) in [6, 6.07) is 23.1. The van der Waals surface area contributed by atoms with Crippen molar-refractivity contribution in [2.45, 2.75) is 35.5 Å². The van der Waals surface area contributed by atoms with Gasteiger partial charge in [0.05, 0.1) is 16.3 Å². The summed E-state index contributed by atoms with van der Waals surface area (Å²) >= 11 is 0. The monoisotopic (exact) mass is 682 g/mol. The van der Waals surface area contributed by atoms with Crippen molar-refractivity contribution in [1.82, 2.24) is 19.4 Å². The third-order valence-electron chi connectivity index (χ3n) is 6.73. The average molecular weight is 683 g/mol. The van der Waals surface area contributed by atoms with Crippen LogP contribution in [-0.4, -0.2) is 57.1 Å². The lowest BCUT2D eigenvalue weighted by molar-refractivity contribution is 0.571. The van der Waals surface area contributed by atoms with Crippen LogP contribution in [0, 0.1) is 20.8 Å². The molecule has 0 radical (unpaired) electrons. The van der Waals surface area contributed by atoms with E-state index in [1.54, 1.807) is 80.6 Å². The van der Waals surface area contributed by atoms with Crippen molar-refractivity contribution in [3.63, 3.8) is 0 Å². The second kappa shape index (κ2) is 12.9. The van der Waals surface area contributed by atoms with Crippen LogP contribution in [0.3, 0.4) is 0 Å². The minimum atomic E-state index is -4.36. The van der Waals surface area contributed by atoms with Crippen molar-refractivity contribution in [3.05, 3.63) is 123 Å². The SMILES string of the molecule is Cc1ccc(S(=O)(=O)n2nc(C)c(-c3ccccc3)c(S(C)(=O)=O)c2=O)cc1.Cc1n[nH]c(=O)c(S(C)(=O)=O)c1-c1ccccc1. The summed E-state index contributed by atoms with van der Waals surface area (Å²) in [7, 11) is -12.0. The number of nitrogens with zero attached hydrogens (tertiary/aromatic N) is 3. The van der Waals surface area contributed by atoms with E-state index in [0.717, 1.165) is 18.1 Å². The molecule has 2 aromatic heterocycles. The number of aromatic amines is 1. The molecule has 0 aliphatic rings. The summed E-state index contributed by atoms with van der Waals surface area (Å²) in [6.45, 7) is 4.92. The number of H-pyrrole nitrogens is 1. The minimum Gasteiger partial charge on any atom is -0.267 e. The van der Waals surface area contributed by atoms with Gasteiger partial charge in [-0.1, -0.05) is 78.4 Å². The molecule has 5 aromatic rings. The van der Waals surface area contributed by atoms with E-state index in [2.05, 4.69) is 15.3 Å². The Morgan fingerprint density at radius 1 is 0.609 bits per heavy atom. The highest BCUT2D eigenvalue weighted by Crippen LogP contribution is 2.28. The Hall–Kier alpha value is -4.73. The summed E-state index contributed by atoms with van der Waals surface area (Å²) < 4.78 is 74.5. The van der Waals surface area contributed by atoms with Gasteiger partial charge in [0.2, 0.25) is 0 Å². The van der Waals surface area contributed by atoms with Gasteiger partial charge >= 0.3 is 5.56 Å². The summed E-state index contributed by atoms with van der Waals surface area (Å²) in [6.07, 6.45) is 1.89. The largest absolute Gasteiger partial charge is 0.300 e. The molecule has 12 nitrogen and oxygen atoms in total. The van der Waals surface area contributed by atoms with Gasteiger partial charge in [0.25, 0.3) is 15.6 Å². The number of sulfone groups is 2. The predicted molar refractivity (Wildman–Crippen MR) is 174 cm³/mol. The molecular formula is C31H30N4O8S3. The van der Waals surface area contributed by atoms with Crippen LogP contribution in [-0.2, 0) is 29.7 Å². The Morgan fingerprint density at radius 2 is 1.07 bits per heavy atom. The fraction of sp³-hybridized carbons (Fsp3) is 0.161. The van der Waals surface area contributed by atoms with E-state index in [1.165, 1.54) is 19.1 Å². The van der Waals surface area contributed by atoms with Gasteiger partial charge in [0, 0.05) is 23.6 Å². The zero-order valence-electron chi connectivity index (χ0n) is 25.4. The number of aryl methyl sites for hydroxylation is 3. The normalized spacial score (nSPS) is 11.8. The van der Waals surface area contributed by atoms with Crippen LogP contribution >= 0.6 is 0 Å². The maximum Gasteiger partial charge on any atom is 0.300 e. The van der Waals surface area contributed by atoms with Gasteiger partial charge < -0.3 is 0 Å². The van der Waals surface area contributed by atoms with Crippen LogP contribution in [0.25, 0.3) is 22.3 Å². The maximum atomic E-state index is 13.0. The topological polar surface area (TPSA) is 183 Å². The van der Waals surface area contributed by atoms with E-state index < -0.39 is 45.7 Å². The quantitative estimate of drug-likeness (QED) is 0.279. The third-order valence-corrected chi connectivity index (χ3v) is 10.6. The zero-order valence-corrected chi connectivity index (χ0v) is 27.9. The molecule has 0 aliphatic heterocycles. The number of nitrogens with one attached hydrogen (secondary N) is 1. The first-order valence-electron chi connectivity index (χ1n) is 13.5. The smallest absolute Gasteiger partial charge is 0.267 e. The van der Waals surface area contributed by atoms with E-state index in [0.29, 0.717) is 22.4 Å². The van der Waals surface area contributed by atoms with Crippen LogP contribution in [0.4, 0.5) is 0 Å². The molecule has 5 rings (SSSR count). The second-order valence-corrected chi connectivity index (χ2v) is 16.0. The van der Waals surface area contributed by atoms with Crippen molar-refractivity contribution in [2.75, 3.05) is 12.5 Å². The van der Waals surface area contributed by atoms with Gasteiger partial charge in [-0.2, -0.15) is 18.6 Å². The standard InChI is InChI=1S/C19H18N2O5S2.C12H12N2O3S/c1-13-9-11-16(12-10-13)28(25,26)21-19(22)18(27(3,23)24)17(14(2)20-21)15-7-5-4-6-8-15;1-8-10(9-6-4-3-5-7-9)11(18(2,16)17)12(15)14-13-8/h4-12H,1-3H3;3-7H,1-2H3,(H,14,15). The Morgan fingerprint density at radius 3 is 1.52 bits per heavy atom. The van der Waals surface area contributed by atoms with Crippen LogP contribution in [0.2, 0.25) is 0 Å². The lowest BCUT2D eigenvalue weighted by Crippen LogP contribution is -2.34. The highest BCUT2D eigenvalue weighted by molar-refractivity contribution is 7.91. The van der Waals surface area contributed by atoms with Gasteiger partial charge in [-0.25, -0.2) is 21.9 Å². The number of hydrogen-bond donors (Lipinski definition) is 1. The first kappa shape index (κ1) is 34.1. The van der Waals surface area contributed by atoms with Gasteiger partial charge in [-0.3, -0.25) is 9.59 Å². The minimum absolute atomic E-state index is 0.100.